The maximum atomic E-state index is 12.1. The van der Waals surface area contributed by atoms with E-state index < -0.39 is 0 Å². The minimum atomic E-state index is -0.197. The van der Waals surface area contributed by atoms with Crippen LogP contribution in [0.5, 0.6) is 5.75 Å². The van der Waals surface area contributed by atoms with Crippen LogP contribution in [0.4, 0.5) is 0 Å². The third kappa shape index (κ3) is 3.57. The Labute approximate surface area is 147 Å². The first-order chi connectivity index (χ1) is 11.1. The van der Waals surface area contributed by atoms with E-state index in [4.69, 9.17) is 4.74 Å². The lowest BCUT2D eigenvalue weighted by molar-refractivity contribution is -0.113. The van der Waals surface area contributed by atoms with Gasteiger partial charge < -0.3 is 4.74 Å². The maximum Gasteiger partial charge on any atom is 0.284 e. The van der Waals surface area contributed by atoms with Gasteiger partial charge >= 0.3 is 0 Å². The fraction of sp³-hybridized carbons (Fsp3) is 0.111. The Morgan fingerprint density at radius 2 is 1.91 bits per heavy atom. The number of carbonyl (C=O) groups is 1. The summed E-state index contributed by atoms with van der Waals surface area (Å²) in [6.07, 6.45) is 1.85. The van der Waals surface area contributed by atoms with E-state index in [-0.39, 0.29) is 5.91 Å². The van der Waals surface area contributed by atoms with E-state index in [0.29, 0.717) is 4.91 Å². The number of hydrogen-bond acceptors (Lipinski definition) is 3. The van der Waals surface area contributed by atoms with E-state index >= 15 is 0 Å². The average molecular weight is 388 g/mol. The van der Waals surface area contributed by atoms with Gasteiger partial charge in [-0.2, -0.15) is 0 Å². The second-order valence-corrected chi connectivity index (χ2v) is 6.98. The Hall–Kier alpha value is -1.85. The molecule has 0 spiro atoms. The van der Waals surface area contributed by atoms with E-state index in [2.05, 4.69) is 20.9 Å². The van der Waals surface area contributed by atoms with E-state index in [1.165, 1.54) is 17.3 Å². The molecule has 2 aromatic rings. The zero-order chi connectivity index (χ0) is 16.4. The number of amides is 1. The second kappa shape index (κ2) is 6.72. The van der Waals surface area contributed by atoms with Crippen molar-refractivity contribution in [1.29, 1.82) is 0 Å². The number of carbonyl (C=O) groups excluding carboxylic acids is 1. The number of thioether (sulfide) groups is 1. The largest absolute Gasteiger partial charge is 0.496 e. The number of methoxy groups -OCH3 is 1. The van der Waals surface area contributed by atoms with Gasteiger partial charge in [-0.1, -0.05) is 47.7 Å². The van der Waals surface area contributed by atoms with E-state index in [0.717, 1.165) is 26.4 Å². The molecule has 0 fully saturated rings. The molecule has 3 nitrogen and oxygen atoms in total. The summed E-state index contributed by atoms with van der Waals surface area (Å²) in [6.45, 7) is 2.03. The fourth-order valence-electron chi connectivity index (χ4n) is 2.15. The van der Waals surface area contributed by atoms with Crippen molar-refractivity contribution in [2.45, 2.75) is 6.92 Å². The third-order valence-corrected chi connectivity index (χ3v) is 5.05. The summed E-state index contributed by atoms with van der Waals surface area (Å²) in [5.74, 6) is 0.562. The molecule has 116 valence electrons. The number of rotatable bonds is 3. The van der Waals surface area contributed by atoms with Crippen LogP contribution in [-0.4, -0.2) is 18.1 Å². The molecule has 23 heavy (non-hydrogen) atoms. The van der Waals surface area contributed by atoms with Crippen molar-refractivity contribution in [3.8, 4) is 5.75 Å². The molecule has 1 aliphatic rings. The molecule has 0 atom stereocenters. The van der Waals surface area contributed by atoms with Crippen molar-refractivity contribution >= 4 is 44.7 Å². The number of aryl methyl sites for hydroxylation is 1. The zero-order valence-corrected chi connectivity index (χ0v) is 15.1. The lowest BCUT2D eigenvalue weighted by atomic mass is 10.2. The summed E-state index contributed by atoms with van der Waals surface area (Å²) in [4.78, 5) is 16.9. The quantitative estimate of drug-likeness (QED) is 0.708. The van der Waals surface area contributed by atoms with Crippen LogP contribution in [0.2, 0.25) is 0 Å². The Morgan fingerprint density at radius 1 is 1.17 bits per heavy atom. The maximum absolute atomic E-state index is 12.1. The molecule has 0 saturated carbocycles. The molecule has 3 rings (SSSR count). The standard InChI is InChI=1S/C18H14BrNO2S/c1-11-3-6-13(7-4-11)18-20-17(21)16(23-18)10-12-5-8-15(22-2)14(19)9-12/h3-10H,1-2H3/b16-10-. The molecule has 0 saturated heterocycles. The molecule has 2 aromatic carbocycles. The van der Waals surface area contributed by atoms with Crippen molar-refractivity contribution < 1.29 is 9.53 Å². The third-order valence-electron chi connectivity index (χ3n) is 3.39. The summed E-state index contributed by atoms with van der Waals surface area (Å²) in [7, 11) is 1.62. The summed E-state index contributed by atoms with van der Waals surface area (Å²) >= 11 is 4.86. The molecule has 0 aromatic heterocycles. The molecule has 0 unspecified atom stereocenters. The van der Waals surface area contributed by atoms with Gasteiger partial charge in [-0.3, -0.25) is 4.79 Å². The van der Waals surface area contributed by atoms with Crippen molar-refractivity contribution in [1.82, 2.24) is 0 Å². The highest BCUT2D eigenvalue weighted by Gasteiger charge is 2.22. The van der Waals surface area contributed by atoms with Gasteiger partial charge in [0.25, 0.3) is 5.91 Å². The van der Waals surface area contributed by atoms with Gasteiger partial charge in [-0.25, -0.2) is 4.99 Å². The van der Waals surface area contributed by atoms with Crippen molar-refractivity contribution in [3.05, 3.63) is 68.5 Å². The minimum Gasteiger partial charge on any atom is -0.496 e. The van der Waals surface area contributed by atoms with Crippen LogP contribution in [0.1, 0.15) is 16.7 Å². The molecule has 1 heterocycles. The first kappa shape index (κ1) is 16.0. The Balaban J connectivity index is 1.84. The Bertz CT molecular complexity index is 825. The van der Waals surface area contributed by atoms with Gasteiger partial charge in [0.15, 0.2) is 0 Å². The second-order valence-electron chi connectivity index (χ2n) is 5.09. The van der Waals surface area contributed by atoms with Crippen LogP contribution in [-0.2, 0) is 4.79 Å². The first-order valence-electron chi connectivity index (χ1n) is 7.00. The summed E-state index contributed by atoms with van der Waals surface area (Å²) < 4.78 is 6.06. The number of benzene rings is 2. The smallest absolute Gasteiger partial charge is 0.284 e. The van der Waals surface area contributed by atoms with Crippen LogP contribution in [0.25, 0.3) is 6.08 Å². The number of ether oxygens (including phenoxy) is 1. The molecule has 5 heteroatoms. The number of aliphatic imine (C=N–C) groups is 1. The fourth-order valence-corrected chi connectivity index (χ4v) is 3.63. The zero-order valence-electron chi connectivity index (χ0n) is 12.7. The van der Waals surface area contributed by atoms with Crippen LogP contribution >= 0.6 is 27.7 Å². The monoisotopic (exact) mass is 387 g/mol. The van der Waals surface area contributed by atoms with Crippen molar-refractivity contribution in [2.24, 2.45) is 4.99 Å². The van der Waals surface area contributed by atoms with Crippen LogP contribution < -0.4 is 4.74 Å². The summed E-state index contributed by atoms with van der Waals surface area (Å²) in [5, 5.41) is 0.744. The summed E-state index contributed by atoms with van der Waals surface area (Å²) in [5.41, 5.74) is 3.07. The normalized spacial score (nSPS) is 15.9. The Kier molecular flexibility index (Phi) is 4.68. The van der Waals surface area contributed by atoms with Gasteiger partial charge in [0.05, 0.1) is 16.5 Å². The predicted molar refractivity (Wildman–Crippen MR) is 99.0 cm³/mol. The predicted octanol–water partition coefficient (Wildman–Crippen LogP) is 4.83. The van der Waals surface area contributed by atoms with Crippen LogP contribution in [0.3, 0.4) is 0 Å². The van der Waals surface area contributed by atoms with Crippen LogP contribution in [0.15, 0.2) is 56.8 Å². The summed E-state index contributed by atoms with van der Waals surface area (Å²) in [6, 6.07) is 13.7. The SMILES string of the molecule is COc1ccc(/C=C2\SC(c3ccc(C)cc3)=NC2=O)cc1Br. The highest BCUT2D eigenvalue weighted by atomic mass is 79.9. The number of hydrogen-bond donors (Lipinski definition) is 0. The lowest BCUT2D eigenvalue weighted by Crippen LogP contribution is -1.90. The van der Waals surface area contributed by atoms with Crippen molar-refractivity contribution in [3.63, 3.8) is 0 Å². The molecular formula is C18H14BrNO2S. The topological polar surface area (TPSA) is 38.7 Å². The molecule has 0 N–H and O–H groups in total. The molecular weight excluding hydrogens is 374 g/mol. The average Bonchev–Trinajstić information content (AvgIpc) is 2.89. The first-order valence-corrected chi connectivity index (χ1v) is 8.61. The highest BCUT2D eigenvalue weighted by Crippen LogP contribution is 2.33. The van der Waals surface area contributed by atoms with Gasteiger partial charge in [0.2, 0.25) is 0 Å². The number of halogens is 1. The van der Waals surface area contributed by atoms with E-state index in [1.807, 2.05) is 55.5 Å². The van der Waals surface area contributed by atoms with Gasteiger partial charge in [0.1, 0.15) is 10.8 Å². The molecule has 1 amide bonds. The highest BCUT2D eigenvalue weighted by molar-refractivity contribution is 9.10. The van der Waals surface area contributed by atoms with Gasteiger partial charge in [0, 0.05) is 5.56 Å². The van der Waals surface area contributed by atoms with E-state index in [9.17, 15) is 4.79 Å². The van der Waals surface area contributed by atoms with E-state index in [1.54, 1.807) is 7.11 Å². The molecule has 0 bridgehead atoms. The van der Waals surface area contributed by atoms with Crippen LogP contribution in [0, 0.1) is 6.92 Å². The van der Waals surface area contributed by atoms with Gasteiger partial charge in [-0.15, -0.1) is 0 Å². The lowest BCUT2D eigenvalue weighted by Gasteiger charge is -2.04. The molecule has 0 aliphatic carbocycles. The Morgan fingerprint density at radius 3 is 2.57 bits per heavy atom. The van der Waals surface area contributed by atoms with Crippen molar-refractivity contribution in [2.75, 3.05) is 7.11 Å². The minimum absolute atomic E-state index is 0.197. The molecule has 0 radical (unpaired) electrons. The molecule has 1 aliphatic heterocycles. The number of nitrogens with zero attached hydrogens (tertiary/aromatic N) is 1. The van der Waals surface area contributed by atoms with Gasteiger partial charge in [-0.05, 0) is 46.6 Å².